The zero-order valence-electron chi connectivity index (χ0n) is 15.8. The molecule has 3 aromatic rings. The maximum Gasteiger partial charge on any atom is 0.320 e. The van der Waals surface area contributed by atoms with Crippen LogP contribution in [0.25, 0.3) is 5.69 Å². The van der Waals surface area contributed by atoms with E-state index < -0.39 is 17.0 Å². The molecule has 0 atom stereocenters. The summed E-state index contributed by atoms with van der Waals surface area (Å²) in [5.74, 6) is 0.276. The molecule has 0 spiro atoms. The van der Waals surface area contributed by atoms with Crippen molar-refractivity contribution in [2.75, 3.05) is 6.61 Å². The molecule has 1 aromatic heterocycles. The predicted octanol–water partition coefficient (Wildman–Crippen LogP) is 2.37. The molecule has 150 valence electrons. The Balaban J connectivity index is 1.72. The van der Waals surface area contributed by atoms with Gasteiger partial charge in [0, 0.05) is 29.6 Å². The fourth-order valence-corrected chi connectivity index (χ4v) is 2.95. The van der Waals surface area contributed by atoms with E-state index in [9.17, 15) is 14.4 Å². The molecule has 2 aromatic carbocycles. The number of ether oxygens (including phenoxy) is 1. The minimum Gasteiger partial charge on any atom is -0.494 e. The Morgan fingerprint density at radius 2 is 1.76 bits per heavy atom. The number of aromatic nitrogens is 2. The van der Waals surface area contributed by atoms with E-state index in [0.717, 1.165) is 10.1 Å². The second-order valence-corrected chi connectivity index (χ2v) is 6.61. The number of nitrogens with zero attached hydrogens (tertiary/aromatic N) is 2. The van der Waals surface area contributed by atoms with Crippen molar-refractivity contribution in [1.29, 1.82) is 0 Å². The lowest BCUT2D eigenvalue weighted by Gasteiger charge is -2.11. The summed E-state index contributed by atoms with van der Waals surface area (Å²) in [6.07, 6.45) is 2.87. The number of nitrogens with one attached hydrogen (secondary N) is 1. The van der Waals surface area contributed by atoms with Crippen LogP contribution in [-0.2, 0) is 17.9 Å². The van der Waals surface area contributed by atoms with E-state index in [1.807, 2.05) is 13.0 Å². The van der Waals surface area contributed by atoms with Gasteiger partial charge in [0.05, 0.1) is 6.61 Å². The number of halogens is 1. The van der Waals surface area contributed by atoms with Gasteiger partial charge in [-0.1, -0.05) is 29.8 Å². The Labute approximate surface area is 172 Å². The van der Waals surface area contributed by atoms with Crippen LogP contribution in [0.2, 0.25) is 5.02 Å². The summed E-state index contributed by atoms with van der Waals surface area (Å²) >= 11 is 6.06. The molecule has 0 aliphatic heterocycles. The second-order valence-electron chi connectivity index (χ2n) is 6.20. The van der Waals surface area contributed by atoms with Crippen molar-refractivity contribution in [1.82, 2.24) is 14.5 Å². The number of carbonyl (C=O) groups excluding carboxylic acids is 1. The zero-order valence-corrected chi connectivity index (χ0v) is 16.6. The molecular formula is C21H20ClN3O4. The molecule has 29 heavy (non-hydrogen) atoms. The highest BCUT2D eigenvalue weighted by atomic mass is 35.5. The lowest BCUT2D eigenvalue weighted by molar-refractivity contribution is -0.121. The monoisotopic (exact) mass is 413 g/mol. The highest BCUT2D eigenvalue weighted by Gasteiger charge is 2.10. The third kappa shape index (κ3) is 4.94. The Bertz CT molecular complexity index is 1120. The Kier molecular flexibility index (Phi) is 6.51. The molecule has 3 rings (SSSR count). The van der Waals surface area contributed by atoms with E-state index in [0.29, 0.717) is 23.1 Å². The normalized spacial score (nSPS) is 10.6. The summed E-state index contributed by atoms with van der Waals surface area (Å²) in [5, 5.41) is 3.24. The van der Waals surface area contributed by atoms with Gasteiger partial charge in [0.1, 0.15) is 12.3 Å². The zero-order chi connectivity index (χ0) is 20.8. The summed E-state index contributed by atoms with van der Waals surface area (Å²) in [6.45, 7) is 2.38. The molecule has 1 heterocycles. The number of amides is 1. The first kappa shape index (κ1) is 20.4. The topological polar surface area (TPSA) is 82.3 Å². The van der Waals surface area contributed by atoms with Crippen molar-refractivity contribution in [2.24, 2.45) is 0 Å². The minimum absolute atomic E-state index is 0.233. The van der Waals surface area contributed by atoms with Crippen molar-refractivity contribution >= 4 is 17.5 Å². The lowest BCUT2D eigenvalue weighted by Crippen LogP contribution is -2.42. The van der Waals surface area contributed by atoms with Crippen LogP contribution in [-0.4, -0.2) is 21.6 Å². The third-order valence-electron chi connectivity index (χ3n) is 4.23. The fourth-order valence-electron chi connectivity index (χ4n) is 2.75. The van der Waals surface area contributed by atoms with E-state index in [2.05, 4.69) is 5.32 Å². The Morgan fingerprint density at radius 3 is 2.45 bits per heavy atom. The van der Waals surface area contributed by atoms with Gasteiger partial charge in [0.15, 0.2) is 0 Å². The number of benzene rings is 2. The summed E-state index contributed by atoms with van der Waals surface area (Å²) in [6, 6.07) is 14.0. The van der Waals surface area contributed by atoms with Crippen molar-refractivity contribution in [3.05, 3.63) is 92.2 Å². The summed E-state index contributed by atoms with van der Waals surface area (Å²) in [4.78, 5) is 37.0. The second kappa shape index (κ2) is 9.25. The lowest BCUT2D eigenvalue weighted by atomic mass is 10.2. The molecular weight excluding hydrogens is 394 g/mol. The Morgan fingerprint density at radius 1 is 1.03 bits per heavy atom. The van der Waals surface area contributed by atoms with Gasteiger partial charge >= 0.3 is 11.1 Å². The summed E-state index contributed by atoms with van der Waals surface area (Å²) in [5.41, 5.74) is -0.225. The van der Waals surface area contributed by atoms with E-state index in [-0.39, 0.29) is 13.1 Å². The first-order valence-corrected chi connectivity index (χ1v) is 9.43. The summed E-state index contributed by atoms with van der Waals surface area (Å²) in [7, 11) is 0. The molecule has 1 amide bonds. The van der Waals surface area contributed by atoms with E-state index in [4.69, 9.17) is 16.3 Å². The van der Waals surface area contributed by atoms with Crippen molar-refractivity contribution in [3.63, 3.8) is 0 Å². The van der Waals surface area contributed by atoms with Gasteiger partial charge in [-0.05, 0) is 42.8 Å². The highest BCUT2D eigenvalue weighted by Crippen LogP contribution is 2.15. The standard InChI is InChI=1S/C21H20ClN3O4/c1-2-29-17-9-7-16(8-10-17)25-12-11-24(20(27)21(25)28)14-19(26)23-13-15-5-3-4-6-18(15)22/h3-12H,2,13-14H2,1H3,(H,23,26). The van der Waals surface area contributed by atoms with Gasteiger partial charge in [-0.15, -0.1) is 0 Å². The van der Waals surface area contributed by atoms with Gasteiger partial charge in [-0.3, -0.25) is 23.5 Å². The third-order valence-corrected chi connectivity index (χ3v) is 4.60. The van der Waals surface area contributed by atoms with Gasteiger partial charge in [0.25, 0.3) is 0 Å². The number of hydrogen-bond acceptors (Lipinski definition) is 4. The number of hydrogen-bond donors (Lipinski definition) is 1. The van der Waals surface area contributed by atoms with E-state index >= 15 is 0 Å². The molecule has 0 bridgehead atoms. The molecule has 0 aliphatic carbocycles. The van der Waals surface area contributed by atoms with Crippen molar-refractivity contribution < 1.29 is 9.53 Å². The number of rotatable bonds is 7. The first-order chi connectivity index (χ1) is 14.0. The van der Waals surface area contributed by atoms with Gasteiger partial charge in [0.2, 0.25) is 5.91 Å². The van der Waals surface area contributed by atoms with E-state index in [1.165, 1.54) is 17.0 Å². The average Bonchev–Trinajstić information content (AvgIpc) is 2.72. The molecule has 0 aliphatic rings. The molecule has 0 saturated carbocycles. The van der Waals surface area contributed by atoms with Crippen molar-refractivity contribution in [3.8, 4) is 11.4 Å². The quantitative estimate of drug-likeness (QED) is 0.603. The number of carbonyl (C=O) groups is 1. The van der Waals surface area contributed by atoms with Crippen LogP contribution >= 0.6 is 11.6 Å². The molecule has 0 fully saturated rings. The van der Waals surface area contributed by atoms with Crippen LogP contribution in [0.4, 0.5) is 0 Å². The maximum atomic E-state index is 12.5. The molecule has 0 unspecified atom stereocenters. The first-order valence-electron chi connectivity index (χ1n) is 9.05. The van der Waals surface area contributed by atoms with Crippen LogP contribution in [0.3, 0.4) is 0 Å². The molecule has 0 radical (unpaired) electrons. The Hall–Kier alpha value is -3.32. The van der Waals surface area contributed by atoms with E-state index in [1.54, 1.807) is 42.5 Å². The van der Waals surface area contributed by atoms with Crippen LogP contribution in [0.5, 0.6) is 5.75 Å². The SMILES string of the molecule is CCOc1ccc(-n2ccn(CC(=O)NCc3ccccc3Cl)c(=O)c2=O)cc1. The molecule has 0 saturated heterocycles. The van der Waals surface area contributed by atoms with Crippen LogP contribution in [0.1, 0.15) is 12.5 Å². The average molecular weight is 414 g/mol. The van der Waals surface area contributed by atoms with Crippen LogP contribution in [0, 0.1) is 0 Å². The summed E-state index contributed by atoms with van der Waals surface area (Å²) < 4.78 is 7.68. The maximum absolute atomic E-state index is 12.5. The van der Waals surface area contributed by atoms with Gasteiger partial charge < -0.3 is 10.1 Å². The fraction of sp³-hybridized carbons (Fsp3) is 0.190. The highest BCUT2D eigenvalue weighted by molar-refractivity contribution is 6.31. The van der Waals surface area contributed by atoms with Crippen molar-refractivity contribution in [2.45, 2.75) is 20.0 Å². The molecule has 1 N–H and O–H groups in total. The van der Waals surface area contributed by atoms with Crippen LogP contribution in [0.15, 0.2) is 70.5 Å². The van der Waals surface area contributed by atoms with Gasteiger partial charge in [-0.2, -0.15) is 0 Å². The molecule has 8 heteroatoms. The van der Waals surface area contributed by atoms with Gasteiger partial charge in [-0.25, -0.2) is 0 Å². The largest absolute Gasteiger partial charge is 0.494 e. The molecule has 7 nitrogen and oxygen atoms in total. The smallest absolute Gasteiger partial charge is 0.320 e. The van der Waals surface area contributed by atoms with Crippen LogP contribution < -0.4 is 21.2 Å². The predicted molar refractivity (Wildman–Crippen MR) is 111 cm³/mol. The minimum atomic E-state index is -0.783.